The molecule has 3 rings (SSSR count). The Labute approximate surface area is 163 Å². The van der Waals surface area contributed by atoms with Crippen molar-refractivity contribution in [2.75, 3.05) is 12.0 Å². The zero-order valence-electron chi connectivity index (χ0n) is 14.7. The minimum atomic E-state index is -3.13. The Hall–Kier alpha value is -2.79. The van der Waals surface area contributed by atoms with Gasteiger partial charge in [0, 0.05) is 23.3 Å². The van der Waals surface area contributed by atoms with Crippen molar-refractivity contribution < 1.29 is 22.7 Å². The predicted octanol–water partition coefficient (Wildman–Crippen LogP) is 2.10. The lowest BCUT2D eigenvalue weighted by Crippen LogP contribution is -2.13. The van der Waals surface area contributed by atoms with Gasteiger partial charge in [0.25, 0.3) is 5.56 Å². The van der Waals surface area contributed by atoms with Crippen LogP contribution in [0.3, 0.4) is 0 Å². The standard InChI is InChI=1S/C17H16FN3O5S2/c1-28(25,26)6-2-3-10-7-11(4-5-12(10)18)13-8-15(22)21(20-13)17-19-14(9-27-17)16(23)24/h4-5,7-9,20H,2-3,6H2,1H3,(H,23,24). The summed E-state index contributed by atoms with van der Waals surface area (Å²) in [7, 11) is -3.13. The van der Waals surface area contributed by atoms with Gasteiger partial charge in [0.1, 0.15) is 15.7 Å². The lowest BCUT2D eigenvalue weighted by molar-refractivity contribution is 0.0691. The number of hydrogen-bond acceptors (Lipinski definition) is 6. The summed E-state index contributed by atoms with van der Waals surface area (Å²) < 4.78 is 37.6. The molecule has 0 aliphatic carbocycles. The Morgan fingerprint density at radius 1 is 1.36 bits per heavy atom. The summed E-state index contributed by atoms with van der Waals surface area (Å²) in [6.07, 6.45) is 1.65. The molecule has 1 aromatic carbocycles. The van der Waals surface area contributed by atoms with E-state index in [0.717, 1.165) is 22.3 Å². The summed E-state index contributed by atoms with van der Waals surface area (Å²) in [5.74, 6) is -1.69. The number of H-pyrrole nitrogens is 1. The number of nitrogens with zero attached hydrogens (tertiary/aromatic N) is 2. The zero-order chi connectivity index (χ0) is 20.5. The van der Waals surface area contributed by atoms with Crippen LogP contribution in [-0.2, 0) is 16.3 Å². The molecule has 2 N–H and O–H groups in total. The number of aryl methyl sites for hydroxylation is 1. The van der Waals surface area contributed by atoms with Gasteiger partial charge in [-0.05, 0) is 36.6 Å². The maximum Gasteiger partial charge on any atom is 0.355 e. The number of aromatic amines is 1. The molecular formula is C17H16FN3O5S2. The molecule has 28 heavy (non-hydrogen) atoms. The summed E-state index contributed by atoms with van der Waals surface area (Å²) in [5.41, 5.74) is 0.683. The van der Waals surface area contributed by atoms with Crippen LogP contribution in [0.25, 0.3) is 16.4 Å². The van der Waals surface area contributed by atoms with Crippen LogP contribution in [0, 0.1) is 5.82 Å². The Morgan fingerprint density at radius 3 is 2.75 bits per heavy atom. The second-order valence-electron chi connectivity index (χ2n) is 6.20. The third kappa shape index (κ3) is 4.54. The number of hydrogen-bond donors (Lipinski definition) is 2. The van der Waals surface area contributed by atoms with Gasteiger partial charge in [-0.15, -0.1) is 11.3 Å². The van der Waals surface area contributed by atoms with Gasteiger partial charge < -0.3 is 5.11 Å². The summed E-state index contributed by atoms with van der Waals surface area (Å²) in [6, 6.07) is 5.61. The van der Waals surface area contributed by atoms with Gasteiger partial charge in [-0.1, -0.05) is 0 Å². The first kappa shape index (κ1) is 20.0. The Morgan fingerprint density at radius 2 is 2.11 bits per heavy atom. The van der Waals surface area contributed by atoms with Crippen LogP contribution in [0.4, 0.5) is 4.39 Å². The smallest absolute Gasteiger partial charge is 0.355 e. The number of aromatic carboxylic acids is 1. The van der Waals surface area contributed by atoms with E-state index in [1.807, 2.05) is 0 Å². The molecule has 3 aromatic rings. The van der Waals surface area contributed by atoms with E-state index >= 15 is 0 Å². The average molecular weight is 425 g/mol. The van der Waals surface area contributed by atoms with Crippen molar-refractivity contribution in [3.63, 3.8) is 0 Å². The molecule has 0 unspecified atom stereocenters. The summed E-state index contributed by atoms with van der Waals surface area (Å²) in [6.45, 7) is 0. The minimum absolute atomic E-state index is 0.0418. The number of aromatic nitrogens is 3. The lowest BCUT2D eigenvalue weighted by Gasteiger charge is -2.06. The second kappa shape index (κ2) is 7.68. The first-order chi connectivity index (χ1) is 13.1. The van der Waals surface area contributed by atoms with Gasteiger partial charge in [0.15, 0.2) is 5.69 Å². The fourth-order valence-electron chi connectivity index (χ4n) is 2.61. The van der Waals surface area contributed by atoms with Crippen molar-refractivity contribution in [1.29, 1.82) is 0 Å². The SMILES string of the molecule is CS(=O)(=O)CCCc1cc(-c2cc(=O)n(-c3nc(C(=O)O)cs3)[nH]2)ccc1F. The van der Waals surface area contributed by atoms with E-state index in [-0.39, 0.29) is 29.4 Å². The third-order valence-electron chi connectivity index (χ3n) is 3.94. The highest BCUT2D eigenvalue weighted by Gasteiger charge is 2.15. The molecule has 0 aliphatic rings. The summed E-state index contributed by atoms with van der Waals surface area (Å²) >= 11 is 0.996. The molecule has 2 aromatic heterocycles. The highest BCUT2D eigenvalue weighted by molar-refractivity contribution is 7.90. The van der Waals surface area contributed by atoms with Crippen molar-refractivity contribution in [3.8, 4) is 16.4 Å². The van der Waals surface area contributed by atoms with Crippen molar-refractivity contribution in [2.24, 2.45) is 0 Å². The number of carboxylic acid groups (broad SMARTS) is 1. The molecule has 0 saturated heterocycles. The summed E-state index contributed by atoms with van der Waals surface area (Å²) in [4.78, 5) is 27.1. The van der Waals surface area contributed by atoms with Gasteiger partial charge in [-0.2, -0.15) is 4.68 Å². The lowest BCUT2D eigenvalue weighted by atomic mass is 10.0. The van der Waals surface area contributed by atoms with Crippen LogP contribution in [-0.4, -0.2) is 46.3 Å². The van der Waals surface area contributed by atoms with Crippen LogP contribution in [0.2, 0.25) is 0 Å². The quantitative estimate of drug-likeness (QED) is 0.598. The molecule has 0 amide bonds. The van der Waals surface area contributed by atoms with E-state index in [9.17, 15) is 22.4 Å². The van der Waals surface area contributed by atoms with Crippen LogP contribution in [0.5, 0.6) is 0 Å². The Bertz CT molecular complexity index is 1190. The highest BCUT2D eigenvalue weighted by atomic mass is 32.2. The fourth-order valence-corrected chi connectivity index (χ4v) is 4.04. The number of carbonyl (C=O) groups is 1. The molecule has 0 radical (unpaired) electrons. The normalized spacial score (nSPS) is 11.6. The van der Waals surface area contributed by atoms with E-state index < -0.39 is 27.2 Å². The number of sulfone groups is 1. The van der Waals surface area contributed by atoms with E-state index in [4.69, 9.17) is 5.11 Å². The van der Waals surface area contributed by atoms with Gasteiger partial charge in [-0.3, -0.25) is 9.89 Å². The van der Waals surface area contributed by atoms with Crippen LogP contribution in [0.1, 0.15) is 22.5 Å². The average Bonchev–Trinajstić information content (AvgIpc) is 3.22. The zero-order valence-corrected chi connectivity index (χ0v) is 16.3. The monoisotopic (exact) mass is 425 g/mol. The maximum absolute atomic E-state index is 14.0. The minimum Gasteiger partial charge on any atom is -0.476 e. The first-order valence-corrected chi connectivity index (χ1v) is 11.1. The number of carboxylic acids is 1. The van der Waals surface area contributed by atoms with Crippen molar-refractivity contribution in [2.45, 2.75) is 12.8 Å². The molecule has 11 heteroatoms. The van der Waals surface area contributed by atoms with Crippen LogP contribution >= 0.6 is 11.3 Å². The van der Waals surface area contributed by atoms with Gasteiger partial charge >= 0.3 is 5.97 Å². The topological polar surface area (TPSA) is 122 Å². The Kier molecular flexibility index (Phi) is 5.47. The molecule has 2 heterocycles. The molecule has 148 valence electrons. The van der Waals surface area contributed by atoms with E-state index in [2.05, 4.69) is 10.1 Å². The largest absolute Gasteiger partial charge is 0.476 e. The molecule has 0 atom stereocenters. The van der Waals surface area contributed by atoms with E-state index in [1.165, 1.54) is 23.6 Å². The highest BCUT2D eigenvalue weighted by Crippen LogP contribution is 2.22. The van der Waals surface area contributed by atoms with Crippen molar-refractivity contribution in [3.05, 3.63) is 57.1 Å². The number of rotatable bonds is 7. The van der Waals surface area contributed by atoms with E-state index in [0.29, 0.717) is 16.8 Å². The number of thiazole rings is 1. The van der Waals surface area contributed by atoms with Crippen molar-refractivity contribution in [1.82, 2.24) is 14.8 Å². The number of benzene rings is 1. The fraction of sp³-hybridized carbons (Fsp3) is 0.235. The van der Waals surface area contributed by atoms with Crippen molar-refractivity contribution >= 4 is 27.1 Å². The predicted molar refractivity (Wildman–Crippen MR) is 102 cm³/mol. The second-order valence-corrected chi connectivity index (χ2v) is 9.30. The molecule has 8 nitrogen and oxygen atoms in total. The summed E-state index contributed by atoms with van der Waals surface area (Å²) in [5, 5.41) is 13.3. The third-order valence-corrected chi connectivity index (χ3v) is 5.80. The van der Waals surface area contributed by atoms with Gasteiger partial charge in [0.2, 0.25) is 5.13 Å². The maximum atomic E-state index is 14.0. The molecular weight excluding hydrogens is 409 g/mol. The number of halogens is 1. The van der Waals surface area contributed by atoms with Gasteiger partial charge in [0.05, 0.1) is 11.4 Å². The molecule has 0 fully saturated rings. The Balaban J connectivity index is 1.88. The van der Waals surface area contributed by atoms with Crippen LogP contribution < -0.4 is 5.56 Å². The molecule has 0 aliphatic heterocycles. The van der Waals surface area contributed by atoms with Crippen LogP contribution in [0.15, 0.2) is 34.4 Å². The first-order valence-electron chi connectivity index (χ1n) is 8.12. The molecule has 0 spiro atoms. The number of nitrogens with one attached hydrogen (secondary N) is 1. The van der Waals surface area contributed by atoms with Gasteiger partial charge in [-0.25, -0.2) is 22.6 Å². The van der Waals surface area contributed by atoms with E-state index in [1.54, 1.807) is 6.07 Å². The molecule has 0 bridgehead atoms. The molecule has 0 saturated carbocycles.